The Balaban J connectivity index is 1.40. The molecule has 2 heterocycles. The Hall–Kier alpha value is -2.57. The van der Waals surface area contributed by atoms with E-state index in [1.165, 1.54) is 0 Å². The van der Waals surface area contributed by atoms with Gasteiger partial charge in [0.15, 0.2) is 0 Å². The molecule has 0 radical (unpaired) electrons. The third-order valence-electron chi connectivity index (χ3n) is 5.52. The number of carbonyl (C=O) groups is 2. The van der Waals surface area contributed by atoms with Gasteiger partial charge in [0.25, 0.3) is 5.91 Å². The third kappa shape index (κ3) is 4.09. The van der Waals surface area contributed by atoms with E-state index in [0.29, 0.717) is 29.1 Å². The minimum absolute atomic E-state index is 0.139. The second-order valence-electron chi connectivity index (χ2n) is 7.40. The Labute approximate surface area is 175 Å². The van der Waals surface area contributed by atoms with Crippen LogP contribution in [0.15, 0.2) is 42.5 Å². The molecule has 1 saturated heterocycles. The molecule has 0 spiro atoms. The van der Waals surface area contributed by atoms with E-state index in [1.807, 2.05) is 30.3 Å². The number of hydrogen-bond acceptors (Lipinski definition) is 5. The van der Waals surface area contributed by atoms with Gasteiger partial charge in [0.2, 0.25) is 0 Å². The topological polar surface area (TPSA) is 61.9 Å². The minimum Gasteiger partial charge on any atom is -0.454 e. The predicted molar refractivity (Wildman–Crippen MR) is 113 cm³/mol. The highest BCUT2D eigenvalue weighted by Crippen LogP contribution is 2.33. The van der Waals surface area contributed by atoms with Crippen molar-refractivity contribution in [1.82, 2.24) is 10.2 Å². The highest BCUT2D eigenvalue weighted by atomic mass is 35.5. The zero-order valence-corrected chi connectivity index (χ0v) is 17.1. The predicted octanol–water partition coefficient (Wildman–Crippen LogP) is 3.12. The number of nitrogens with one attached hydrogen (secondary N) is 1. The number of esters is 1. The highest BCUT2D eigenvalue weighted by molar-refractivity contribution is 6.34. The number of hydrogen-bond donors (Lipinski definition) is 1. The summed E-state index contributed by atoms with van der Waals surface area (Å²) in [6, 6.07) is 13.0. The molecule has 0 aromatic heterocycles. The molecular formula is C22H24ClN3O3. The SMILES string of the molecule is CN(CCC1OC(=O)c2ccccc21)C(=O)c1ccc(N2CCNCC2)cc1Cl. The Morgan fingerprint density at radius 2 is 2.00 bits per heavy atom. The molecule has 7 heteroatoms. The molecule has 4 rings (SSSR count). The lowest BCUT2D eigenvalue weighted by atomic mass is 10.0. The Bertz CT molecular complexity index is 927. The van der Waals surface area contributed by atoms with Crippen LogP contribution in [0.2, 0.25) is 5.02 Å². The summed E-state index contributed by atoms with van der Waals surface area (Å²) in [4.78, 5) is 28.7. The summed E-state index contributed by atoms with van der Waals surface area (Å²) in [5.41, 5.74) is 3.01. The van der Waals surface area contributed by atoms with E-state index in [2.05, 4.69) is 10.2 Å². The number of carbonyl (C=O) groups excluding carboxylic acids is 2. The molecule has 2 aliphatic rings. The van der Waals surface area contributed by atoms with Crippen LogP contribution < -0.4 is 10.2 Å². The zero-order valence-electron chi connectivity index (χ0n) is 16.4. The number of nitrogens with zero attached hydrogens (tertiary/aromatic N) is 2. The van der Waals surface area contributed by atoms with Crippen molar-refractivity contribution in [2.24, 2.45) is 0 Å². The molecule has 29 heavy (non-hydrogen) atoms. The van der Waals surface area contributed by atoms with Gasteiger partial charge in [-0.2, -0.15) is 0 Å². The Morgan fingerprint density at radius 3 is 2.76 bits per heavy atom. The maximum absolute atomic E-state index is 12.9. The minimum atomic E-state index is -0.320. The molecule has 2 aromatic carbocycles. The molecule has 0 aliphatic carbocycles. The maximum atomic E-state index is 12.9. The summed E-state index contributed by atoms with van der Waals surface area (Å²) in [5, 5.41) is 3.78. The van der Waals surface area contributed by atoms with Crippen molar-refractivity contribution in [3.05, 3.63) is 64.2 Å². The lowest BCUT2D eigenvalue weighted by molar-refractivity contribution is 0.0349. The van der Waals surface area contributed by atoms with Crippen LogP contribution in [0.5, 0.6) is 0 Å². The fourth-order valence-electron chi connectivity index (χ4n) is 3.85. The largest absolute Gasteiger partial charge is 0.454 e. The van der Waals surface area contributed by atoms with Crippen molar-refractivity contribution in [3.63, 3.8) is 0 Å². The molecule has 6 nitrogen and oxygen atoms in total. The van der Waals surface area contributed by atoms with Crippen LogP contribution in [0.4, 0.5) is 5.69 Å². The maximum Gasteiger partial charge on any atom is 0.339 e. The molecule has 152 valence electrons. The average molecular weight is 414 g/mol. The smallest absolute Gasteiger partial charge is 0.339 e. The van der Waals surface area contributed by atoms with Gasteiger partial charge in [-0.25, -0.2) is 4.79 Å². The molecule has 0 saturated carbocycles. The number of rotatable bonds is 5. The second-order valence-corrected chi connectivity index (χ2v) is 7.80. The summed E-state index contributed by atoms with van der Waals surface area (Å²) in [6.07, 6.45) is 0.223. The summed E-state index contributed by atoms with van der Waals surface area (Å²) >= 11 is 6.44. The van der Waals surface area contributed by atoms with Gasteiger partial charge in [-0.1, -0.05) is 29.8 Å². The Kier molecular flexibility index (Phi) is 5.74. The lowest BCUT2D eigenvalue weighted by Gasteiger charge is -2.30. The summed E-state index contributed by atoms with van der Waals surface area (Å²) in [6.45, 7) is 4.18. The van der Waals surface area contributed by atoms with Gasteiger partial charge in [-0.15, -0.1) is 0 Å². The molecular weight excluding hydrogens is 390 g/mol. The first-order valence-corrected chi connectivity index (χ1v) is 10.2. The fourth-order valence-corrected chi connectivity index (χ4v) is 4.11. The van der Waals surface area contributed by atoms with E-state index in [1.54, 1.807) is 24.1 Å². The molecule has 1 fully saturated rings. The van der Waals surface area contributed by atoms with Crippen LogP contribution in [-0.2, 0) is 4.74 Å². The summed E-state index contributed by atoms with van der Waals surface area (Å²) in [5.74, 6) is -0.439. The van der Waals surface area contributed by atoms with Gasteiger partial charge in [0.05, 0.1) is 16.1 Å². The number of ether oxygens (including phenoxy) is 1. The van der Waals surface area contributed by atoms with Gasteiger partial charge >= 0.3 is 5.97 Å². The number of amides is 1. The van der Waals surface area contributed by atoms with Gasteiger partial charge in [-0.05, 0) is 24.3 Å². The monoisotopic (exact) mass is 413 g/mol. The van der Waals surface area contributed by atoms with Crippen LogP contribution in [0, 0.1) is 0 Å². The number of benzene rings is 2. The van der Waals surface area contributed by atoms with Crippen LogP contribution >= 0.6 is 11.6 Å². The van der Waals surface area contributed by atoms with Crippen molar-refractivity contribution < 1.29 is 14.3 Å². The first-order chi connectivity index (χ1) is 14.0. The quantitative estimate of drug-likeness (QED) is 0.763. The number of cyclic esters (lactones) is 1. The molecule has 0 bridgehead atoms. The van der Waals surface area contributed by atoms with E-state index >= 15 is 0 Å². The normalized spacial score (nSPS) is 18.3. The number of anilines is 1. The molecule has 1 N–H and O–H groups in total. The van der Waals surface area contributed by atoms with Gasteiger partial charge < -0.3 is 19.9 Å². The summed E-state index contributed by atoms with van der Waals surface area (Å²) < 4.78 is 5.46. The average Bonchev–Trinajstić information content (AvgIpc) is 3.08. The second kappa shape index (κ2) is 8.43. The van der Waals surface area contributed by atoms with Crippen molar-refractivity contribution >= 4 is 29.2 Å². The van der Waals surface area contributed by atoms with Crippen molar-refractivity contribution in [2.75, 3.05) is 44.7 Å². The number of fused-ring (bicyclic) bond motifs is 1. The lowest BCUT2D eigenvalue weighted by Crippen LogP contribution is -2.43. The molecule has 1 unspecified atom stereocenters. The van der Waals surface area contributed by atoms with Crippen molar-refractivity contribution in [3.8, 4) is 0 Å². The fraction of sp³-hybridized carbons (Fsp3) is 0.364. The van der Waals surface area contributed by atoms with E-state index < -0.39 is 0 Å². The van der Waals surface area contributed by atoms with E-state index in [4.69, 9.17) is 16.3 Å². The van der Waals surface area contributed by atoms with E-state index in [0.717, 1.165) is 37.4 Å². The molecule has 1 amide bonds. The van der Waals surface area contributed by atoms with Crippen LogP contribution in [0.1, 0.15) is 38.8 Å². The van der Waals surface area contributed by atoms with Crippen molar-refractivity contribution in [2.45, 2.75) is 12.5 Å². The zero-order chi connectivity index (χ0) is 20.4. The van der Waals surface area contributed by atoms with E-state index in [9.17, 15) is 9.59 Å². The van der Waals surface area contributed by atoms with Crippen LogP contribution in [0.25, 0.3) is 0 Å². The van der Waals surface area contributed by atoms with Crippen molar-refractivity contribution in [1.29, 1.82) is 0 Å². The molecule has 2 aromatic rings. The Morgan fingerprint density at radius 1 is 1.24 bits per heavy atom. The number of piperazine rings is 1. The number of halogens is 1. The van der Waals surface area contributed by atoms with Crippen LogP contribution in [-0.4, -0.2) is 56.5 Å². The van der Waals surface area contributed by atoms with Crippen LogP contribution in [0.3, 0.4) is 0 Å². The standard InChI is InChI=1S/C22H24ClN3O3/c1-25(11-8-20-16-4-2-3-5-17(16)22(28)29-20)21(27)18-7-6-15(14-19(18)23)26-12-9-24-10-13-26/h2-7,14,20,24H,8-13H2,1H3. The first kappa shape index (κ1) is 19.7. The van der Waals surface area contributed by atoms with Gasteiger partial charge in [0.1, 0.15) is 6.10 Å². The van der Waals surface area contributed by atoms with Gasteiger partial charge in [-0.3, -0.25) is 4.79 Å². The molecule has 1 atom stereocenters. The highest BCUT2D eigenvalue weighted by Gasteiger charge is 2.30. The summed E-state index contributed by atoms with van der Waals surface area (Å²) in [7, 11) is 1.74. The third-order valence-corrected chi connectivity index (χ3v) is 5.83. The van der Waals surface area contributed by atoms with Gasteiger partial charge in [0, 0.05) is 57.4 Å². The molecule has 2 aliphatic heterocycles. The van der Waals surface area contributed by atoms with E-state index in [-0.39, 0.29) is 18.0 Å². The first-order valence-electron chi connectivity index (χ1n) is 9.85.